The molecule has 1 unspecified atom stereocenters. The Kier molecular flexibility index (Phi) is 5.23. The quantitative estimate of drug-likeness (QED) is 0.810. The molecule has 0 aliphatic rings. The number of benzene rings is 1. The van der Waals surface area contributed by atoms with Gasteiger partial charge in [-0.15, -0.1) is 0 Å². The Hall–Kier alpha value is -1.23. The molecule has 106 valence electrons. The molecule has 0 aliphatic heterocycles. The largest absolute Gasteiger partial charge is 0.478 e. The van der Waals surface area contributed by atoms with Crippen LogP contribution in [0.3, 0.4) is 0 Å². The summed E-state index contributed by atoms with van der Waals surface area (Å²) in [6, 6.07) is 3.59. The average molecular weight is 329 g/mol. The minimum atomic E-state index is -1.00. The van der Waals surface area contributed by atoms with Crippen LogP contribution in [0.2, 0.25) is 0 Å². The van der Waals surface area contributed by atoms with Crippen LogP contribution in [0.1, 0.15) is 37.6 Å². The van der Waals surface area contributed by atoms with Gasteiger partial charge in [0.1, 0.15) is 0 Å². The van der Waals surface area contributed by atoms with Gasteiger partial charge in [-0.3, -0.25) is 0 Å². The summed E-state index contributed by atoms with van der Waals surface area (Å²) in [4.78, 5) is 13.2. The predicted octanol–water partition coefficient (Wildman–Crippen LogP) is 3.60. The highest BCUT2D eigenvalue weighted by molar-refractivity contribution is 9.10. The van der Waals surface area contributed by atoms with Crippen molar-refractivity contribution in [3.05, 3.63) is 22.2 Å². The second-order valence-electron chi connectivity index (χ2n) is 5.29. The fourth-order valence-corrected chi connectivity index (χ4v) is 2.75. The van der Waals surface area contributed by atoms with Crippen LogP contribution >= 0.6 is 15.9 Å². The van der Waals surface area contributed by atoms with Gasteiger partial charge in [-0.1, -0.05) is 13.8 Å². The minimum Gasteiger partial charge on any atom is -0.478 e. The molecule has 1 atom stereocenters. The Morgan fingerprint density at radius 3 is 2.47 bits per heavy atom. The normalized spacial score (nSPS) is 12.5. The second kappa shape index (κ2) is 6.28. The van der Waals surface area contributed by atoms with Gasteiger partial charge in [-0.05, 0) is 47.3 Å². The standard InChI is InChI=1S/C14H21BrN2O2/c1-8(2)5-9(3)17(4)13-6-10(14(18)19)12(16)7-11(13)15/h6-9H,5,16H2,1-4H3,(H,18,19). The molecule has 0 heterocycles. The van der Waals surface area contributed by atoms with E-state index in [4.69, 9.17) is 10.8 Å². The molecule has 19 heavy (non-hydrogen) atoms. The summed E-state index contributed by atoms with van der Waals surface area (Å²) in [6.07, 6.45) is 1.04. The van der Waals surface area contributed by atoms with Crippen molar-refractivity contribution in [2.45, 2.75) is 33.2 Å². The van der Waals surface area contributed by atoms with E-state index in [1.165, 1.54) is 0 Å². The first-order valence-electron chi connectivity index (χ1n) is 6.29. The van der Waals surface area contributed by atoms with E-state index in [2.05, 4.69) is 41.6 Å². The van der Waals surface area contributed by atoms with Gasteiger partial charge in [0.2, 0.25) is 0 Å². The second-order valence-corrected chi connectivity index (χ2v) is 6.14. The van der Waals surface area contributed by atoms with E-state index in [1.807, 2.05) is 7.05 Å². The van der Waals surface area contributed by atoms with Crippen molar-refractivity contribution in [1.82, 2.24) is 0 Å². The molecule has 0 aromatic heterocycles. The van der Waals surface area contributed by atoms with Crippen molar-refractivity contribution in [3.8, 4) is 0 Å². The number of hydrogen-bond acceptors (Lipinski definition) is 3. The van der Waals surface area contributed by atoms with Gasteiger partial charge in [-0.25, -0.2) is 4.79 Å². The lowest BCUT2D eigenvalue weighted by Crippen LogP contribution is -2.30. The van der Waals surface area contributed by atoms with Crippen LogP contribution in [0.4, 0.5) is 11.4 Å². The Morgan fingerprint density at radius 2 is 2.00 bits per heavy atom. The highest BCUT2D eigenvalue weighted by atomic mass is 79.9. The number of halogens is 1. The molecule has 0 saturated carbocycles. The zero-order valence-corrected chi connectivity index (χ0v) is 13.4. The molecule has 0 fully saturated rings. The lowest BCUT2D eigenvalue weighted by atomic mass is 10.0. The molecule has 0 amide bonds. The summed E-state index contributed by atoms with van der Waals surface area (Å²) in [6.45, 7) is 6.47. The highest BCUT2D eigenvalue weighted by Crippen LogP contribution is 2.32. The van der Waals surface area contributed by atoms with Crippen molar-refractivity contribution in [1.29, 1.82) is 0 Å². The molecule has 0 saturated heterocycles. The van der Waals surface area contributed by atoms with Gasteiger partial charge in [-0.2, -0.15) is 0 Å². The highest BCUT2D eigenvalue weighted by Gasteiger charge is 2.18. The molecule has 1 aromatic carbocycles. The van der Waals surface area contributed by atoms with E-state index in [-0.39, 0.29) is 11.3 Å². The third-order valence-electron chi connectivity index (χ3n) is 3.20. The van der Waals surface area contributed by atoms with E-state index in [0.29, 0.717) is 12.0 Å². The van der Waals surface area contributed by atoms with Crippen LogP contribution in [-0.2, 0) is 0 Å². The number of hydrogen-bond donors (Lipinski definition) is 2. The van der Waals surface area contributed by atoms with E-state index in [9.17, 15) is 4.79 Å². The number of nitrogen functional groups attached to an aromatic ring is 1. The molecule has 0 radical (unpaired) electrons. The molecule has 3 N–H and O–H groups in total. The Balaban J connectivity index is 3.12. The average Bonchev–Trinajstić information content (AvgIpc) is 2.26. The van der Waals surface area contributed by atoms with Gasteiger partial charge in [0.25, 0.3) is 0 Å². The summed E-state index contributed by atoms with van der Waals surface area (Å²) < 4.78 is 0.813. The smallest absolute Gasteiger partial charge is 0.337 e. The van der Waals surface area contributed by atoms with Crippen molar-refractivity contribution >= 4 is 33.3 Å². The number of carboxylic acid groups (broad SMARTS) is 1. The first-order valence-corrected chi connectivity index (χ1v) is 7.08. The van der Waals surface area contributed by atoms with Crippen molar-refractivity contribution in [2.75, 3.05) is 17.7 Å². The van der Waals surface area contributed by atoms with Crippen LogP contribution < -0.4 is 10.6 Å². The van der Waals surface area contributed by atoms with Crippen molar-refractivity contribution < 1.29 is 9.90 Å². The maximum absolute atomic E-state index is 11.1. The number of anilines is 2. The monoisotopic (exact) mass is 328 g/mol. The number of rotatable bonds is 5. The molecule has 5 heteroatoms. The predicted molar refractivity (Wildman–Crippen MR) is 82.8 cm³/mol. The molecule has 1 rings (SSSR count). The number of carbonyl (C=O) groups is 1. The minimum absolute atomic E-state index is 0.141. The SMILES string of the molecule is CC(C)CC(C)N(C)c1cc(C(=O)O)c(N)cc1Br. The Bertz CT molecular complexity index is 475. The Morgan fingerprint density at radius 1 is 1.42 bits per heavy atom. The van der Waals surface area contributed by atoms with E-state index in [0.717, 1.165) is 16.6 Å². The summed E-state index contributed by atoms with van der Waals surface area (Å²) in [5.74, 6) is -0.417. The van der Waals surface area contributed by atoms with E-state index >= 15 is 0 Å². The maximum Gasteiger partial charge on any atom is 0.337 e. The third-order valence-corrected chi connectivity index (χ3v) is 3.84. The number of carboxylic acids is 1. The molecule has 0 spiro atoms. The van der Waals surface area contributed by atoms with Crippen LogP contribution in [0.15, 0.2) is 16.6 Å². The molecule has 1 aromatic rings. The van der Waals surface area contributed by atoms with Gasteiger partial charge in [0.15, 0.2) is 0 Å². The molecular weight excluding hydrogens is 308 g/mol. The van der Waals surface area contributed by atoms with Gasteiger partial charge in [0.05, 0.1) is 11.3 Å². The summed E-state index contributed by atoms with van der Waals surface area (Å²) in [7, 11) is 1.97. The van der Waals surface area contributed by atoms with Gasteiger partial charge in [0, 0.05) is 23.2 Å². The topological polar surface area (TPSA) is 66.6 Å². The van der Waals surface area contributed by atoms with Gasteiger partial charge < -0.3 is 15.7 Å². The zero-order valence-electron chi connectivity index (χ0n) is 11.8. The molecule has 4 nitrogen and oxygen atoms in total. The first-order chi connectivity index (χ1) is 8.73. The first kappa shape index (κ1) is 15.8. The number of aromatic carboxylic acids is 1. The molecular formula is C14H21BrN2O2. The van der Waals surface area contributed by atoms with Crippen LogP contribution in [0.5, 0.6) is 0 Å². The fourth-order valence-electron chi connectivity index (χ4n) is 2.11. The van der Waals surface area contributed by atoms with Crippen LogP contribution in [0, 0.1) is 5.92 Å². The van der Waals surface area contributed by atoms with E-state index < -0.39 is 5.97 Å². The summed E-state index contributed by atoms with van der Waals surface area (Å²) in [5, 5.41) is 9.13. The fraction of sp³-hybridized carbons (Fsp3) is 0.500. The lowest BCUT2D eigenvalue weighted by Gasteiger charge is -2.29. The van der Waals surface area contributed by atoms with Crippen molar-refractivity contribution in [2.24, 2.45) is 5.92 Å². The van der Waals surface area contributed by atoms with E-state index in [1.54, 1.807) is 12.1 Å². The van der Waals surface area contributed by atoms with Crippen LogP contribution in [-0.4, -0.2) is 24.2 Å². The lowest BCUT2D eigenvalue weighted by molar-refractivity contribution is 0.0698. The Labute approximate surface area is 122 Å². The third kappa shape index (κ3) is 3.86. The molecule has 0 aliphatic carbocycles. The van der Waals surface area contributed by atoms with Gasteiger partial charge >= 0.3 is 5.97 Å². The van der Waals surface area contributed by atoms with Crippen LogP contribution in [0.25, 0.3) is 0 Å². The maximum atomic E-state index is 11.1. The van der Waals surface area contributed by atoms with Crippen molar-refractivity contribution in [3.63, 3.8) is 0 Å². The molecule has 0 bridgehead atoms. The number of nitrogens with two attached hydrogens (primary N) is 1. The number of nitrogens with zero attached hydrogens (tertiary/aromatic N) is 1. The zero-order chi connectivity index (χ0) is 14.7. The summed E-state index contributed by atoms with van der Waals surface area (Å²) >= 11 is 3.45. The summed E-state index contributed by atoms with van der Waals surface area (Å²) in [5.41, 5.74) is 6.98.